The molecule has 0 aliphatic carbocycles. The lowest BCUT2D eigenvalue weighted by Gasteiger charge is -1.99. The molecule has 2 rings (SSSR count). The fraction of sp³-hybridized carbons (Fsp3) is 0.167. The number of rotatable bonds is 3. The molecule has 1 aromatic heterocycles. The summed E-state index contributed by atoms with van der Waals surface area (Å²) in [5, 5.41) is 6.63. The van der Waals surface area contributed by atoms with Crippen molar-refractivity contribution in [1.82, 2.24) is 10.2 Å². The molecule has 1 N–H and O–H groups in total. The zero-order valence-electron chi connectivity index (χ0n) is 9.54. The standard InChI is InChI=1S/C12H10ClFN2O2/c1-2-18-12(17)11-9(13)10(15-16-11)7-3-5-8(14)6-4-7/h3-6H,2H2,1H3,(H,15,16). The molecule has 0 aliphatic rings. The molecule has 0 amide bonds. The summed E-state index contributed by atoms with van der Waals surface area (Å²) in [5.74, 6) is -0.917. The van der Waals surface area contributed by atoms with E-state index in [2.05, 4.69) is 10.2 Å². The zero-order chi connectivity index (χ0) is 13.1. The molecule has 18 heavy (non-hydrogen) atoms. The molecule has 0 saturated heterocycles. The summed E-state index contributed by atoms with van der Waals surface area (Å²) in [6.07, 6.45) is 0. The van der Waals surface area contributed by atoms with Gasteiger partial charge in [0, 0.05) is 5.56 Å². The number of aromatic amines is 1. The summed E-state index contributed by atoms with van der Waals surface area (Å²) >= 11 is 6.04. The van der Waals surface area contributed by atoms with Crippen LogP contribution in [0.15, 0.2) is 24.3 Å². The van der Waals surface area contributed by atoms with E-state index in [4.69, 9.17) is 16.3 Å². The van der Waals surface area contributed by atoms with Crippen LogP contribution < -0.4 is 0 Å². The van der Waals surface area contributed by atoms with Crippen molar-refractivity contribution in [3.63, 3.8) is 0 Å². The highest BCUT2D eigenvalue weighted by atomic mass is 35.5. The molecule has 1 aromatic carbocycles. The van der Waals surface area contributed by atoms with Gasteiger partial charge in [-0.05, 0) is 31.2 Å². The molecule has 94 valence electrons. The third kappa shape index (κ3) is 2.36. The van der Waals surface area contributed by atoms with Gasteiger partial charge in [0.1, 0.15) is 16.5 Å². The van der Waals surface area contributed by atoms with E-state index < -0.39 is 5.97 Å². The van der Waals surface area contributed by atoms with Gasteiger partial charge in [-0.15, -0.1) is 0 Å². The van der Waals surface area contributed by atoms with Crippen molar-refractivity contribution in [3.8, 4) is 11.3 Å². The fourth-order valence-electron chi connectivity index (χ4n) is 1.47. The summed E-state index contributed by atoms with van der Waals surface area (Å²) in [4.78, 5) is 11.5. The van der Waals surface area contributed by atoms with Gasteiger partial charge >= 0.3 is 5.97 Å². The van der Waals surface area contributed by atoms with Crippen molar-refractivity contribution in [2.45, 2.75) is 6.92 Å². The van der Waals surface area contributed by atoms with Gasteiger partial charge in [0.25, 0.3) is 0 Å². The van der Waals surface area contributed by atoms with E-state index in [-0.39, 0.29) is 23.1 Å². The molecular weight excluding hydrogens is 259 g/mol. The van der Waals surface area contributed by atoms with Crippen LogP contribution in [0.4, 0.5) is 4.39 Å². The molecule has 0 aliphatic heterocycles. The Morgan fingerprint density at radius 1 is 1.44 bits per heavy atom. The molecule has 4 nitrogen and oxygen atoms in total. The Kier molecular flexibility index (Phi) is 3.62. The van der Waals surface area contributed by atoms with Crippen molar-refractivity contribution in [3.05, 3.63) is 40.8 Å². The normalized spacial score (nSPS) is 10.4. The first-order chi connectivity index (χ1) is 8.63. The maximum absolute atomic E-state index is 12.8. The van der Waals surface area contributed by atoms with Gasteiger partial charge < -0.3 is 4.74 Å². The highest BCUT2D eigenvalue weighted by molar-refractivity contribution is 6.35. The van der Waals surface area contributed by atoms with Gasteiger partial charge in [0.05, 0.1) is 6.61 Å². The van der Waals surface area contributed by atoms with E-state index in [0.717, 1.165) is 0 Å². The molecular formula is C12H10ClFN2O2. The third-order valence-electron chi connectivity index (χ3n) is 2.30. The number of H-pyrrole nitrogens is 1. The van der Waals surface area contributed by atoms with Crippen LogP contribution in [-0.4, -0.2) is 22.8 Å². The predicted octanol–water partition coefficient (Wildman–Crippen LogP) is 3.05. The summed E-state index contributed by atoms with van der Waals surface area (Å²) < 4.78 is 17.6. The highest BCUT2D eigenvalue weighted by Gasteiger charge is 2.19. The van der Waals surface area contributed by atoms with Crippen molar-refractivity contribution >= 4 is 17.6 Å². The van der Waals surface area contributed by atoms with Gasteiger partial charge in [-0.3, -0.25) is 5.10 Å². The van der Waals surface area contributed by atoms with E-state index in [1.165, 1.54) is 24.3 Å². The van der Waals surface area contributed by atoms with Crippen molar-refractivity contribution in [2.24, 2.45) is 0 Å². The maximum Gasteiger partial charge on any atom is 0.357 e. The predicted molar refractivity (Wildman–Crippen MR) is 64.9 cm³/mol. The largest absolute Gasteiger partial charge is 0.461 e. The number of carbonyl (C=O) groups is 1. The number of nitrogens with zero attached hydrogens (tertiary/aromatic N) is 1. The second-order valence-corrected chi connectivity index (χ2v) is 3.87. The molecule has 6 heteroatoms. The average Bonchev–Trinajstić information content (AvgIpc) is 2.73. The number of ether oxygens (including phenoxy) is 1. The first kappa shape index (κ1) is 12.6. The van der Waals surface area contributed by atoms with Gasteiger partial charge in [-0.1, -0.05) is 11.6 Å². The van der Waals surface area contributed by atoms with Crippen molar-refractivity contribution < 1.29 is 13.9 Å². The Morgan fingerprint density at radius 2 is 2.11 bits per heavy atom. The van der Waals surface area contributed by atoms with Gasteiger partial charge in [-0.25, -0.2) is 9.18 Å². The second kappa shape index (κ2) is 5.18. The second-order valence-electron chi connectivity index (χ2n) is 3.49. The number of hydrogen-bond acceptors (Lipinski definition) is 3. The minimum atomic E-state index is -0.566. The lowest BCUT2D eigenvalue weighted by molar-refractivity contribution is 0.0519. The van der Waals surface area contributed by atoms with Crippen LogP contribution in [0, 0.1) is 5.82 Å². The molecule has 1 heterocycles. The lowest BCUT2D eigenvalue weighted by Crippen LogP contribution is -2.05. The van der Waals surface area contributed by atoms with E-state index >= 15 is 0 Å². The lowest BCUT2D eigenvalue weighted by atomic mass is 10.1. The number of carbonyl (C=O) groups excluding carboxylic acids is 1. The Balaban J connectivity index is 2.36. The molecule has 0 saturated carbocycles. The quantitative estimate of drug-likeness (QED) is 0.871. The van der Waals surface area contributed by atoms with Crippen LogP contribution in [0.5, 0.6) is 0 Å². The molecule has 0 radical (unpaired) electrons. The number of benzene rings is 1. The SMILES string of the molecule is CCOC(=O)c1[nH]nc(-c2ccc(F)cc2)c1Cl. The monoisotopic (exact) mass is 268 g/mol. The van der Waals surface area contributed by atoms with E-state index in [9.17, 15) is 9.18 Å². The highest BCUT2D eigenvalue weighted by Crippen LogP contribution is 2.28. The number of hydrogen-bond donors (Lipinski definition) is 1. The smallest absolute Gasteiger partial charge is 0.357 e. The van der Waals surface area contributed by atoms with Crippen LogP contribution in [0.1, 0.15) is 17.4 Å². The maximum atomic E-state index is 12.8. The summed E-state index contributed by atoms with van der Waals surface area (Å²) in [6.45, 7) is 1.95. The minimum Gasteiger partial charge on any atom is -0.461 e. The van der Waals surface area contributed by atoms with Crippen LogP contribution in [0.2, 0.25) is 5.02 Å². The number of esters is 1. The number of nitrogens with one attached hydrogen (secondary N) is 1. The summed E-state index contributed by atoms with van der Waals surface area (Å²) in [5.41, 5.74) is 1.10. The van der Waals surface area contributed by atoms with E-state index in [0.29, 0.717) is 11.3 Å². The molecule has 0 unspecified atom stereocenters. The zero-order valence-corrected chi connectivity index (χ0v) is 10.3. The molecule has 2 aromatic rings. The first-order valence-corrected chi connectivity index (χ1v) is 5.68. The molecule has 0 spiro atoms. The van der Waals surface area contributed by atoms with Crippen LogP contribution in [0.3, 0.4) is 0 Å². The molecule has 0 atom stereocenters. The van der Waals surface area contributed by atoms with E-state index in [1.54, 1.807) is 6.92 Å². The van der Waals surface area contributed by atoms with E-state index in [1.807, 2.05) is 0 Å². The van der Waals surface area contributed by atoms with Crippen molar-refractivity contribution in [2.75, 3.05) is 6.61 Å². The minimum absolute atomic E-state index is 0.0952. The number of aromatic nitrogens is 2. The Hall–Kier alpha value is -1.88. The van der Waals surface area contributed by atoms with Gasteiger partial charge in [-0.2, -0.15) is 5.10 Å². The summed E-state index contributed by atoms with van der Waals surface area (Å²) in [6, 6.07) is 5.66. The fourth-order valence-corrected chi connectivity index (χ4v) is 1.74. The average molecular weight is 269 g/mol. The van der Waals surface area contributed by atoms with Gasteiger partial charge in [0.15, 0.2) is 5.69 Å². The Labute approximate surface area is 108 Å². The van der Waals surface area contributed by atoms with Crippen LogP contribution in [-0.2, 0) is 4.74 Å². The summed E-state index contributed by atoms with van der Waals surface area (Å²) in [7, 11) is 0. The third-order valence-corrected chi connectivity index (χ3v) is 2.67. The van der Waals surface area contributed by atoms with Crippen LogP contribution >= 0.6 is 11.6 Å². The first-order valence-electron chi connectivity index (χ1n) is 5.30. The topological polar surface area (TPSA) is 55.0 Å². The number of halogens is 2. The molecule has 0 fully saturated rings. The van der Waals surface area contributed by atoms with Gasteiger partial charge in [0.2, 0.25) is 0 Å². The Bertz CT molecular complexity index is 566. The Morgan fingerprint density at radius 3 is 2.72 bits per heavy atom. The van der Waals surface area contributed by atoms with Crippen molar-refractivity contribution in [1.29, 1.82) is 0 Å². The molecule has 0 bridgehead atoms. The van der Waals surface area contributed by atoms with Crippen LogP contribution in [0.25, 0.3) is 11.3 Å².